The smallest absolute Gasteiger partial charge is 0.191 e. The van der Waals surface area contributed by atoms with Crippen molar-refractivity contribution in [2.24, 2.45) is 4.99 Å². The number of nitrogens with one attached hydrogen (secondary N) is 2. The Balaban J connectivity index is 1.72. The van der Waals surface area contributed by atoms with E-state index in [1.54, 1.807) is 0 Å². The molecular formula is C22H32N4O. The fourth-order valence-electron chi connectivity index (χ4n) is 2.82. The highest BCUT2D eigenvalue weighted by Gasteiger charge is 2.06. The lowest BCUT2D eigenvalue weighted by Crippen LogP contribution is -2.41. The van der Waals surface area contributed by atoms with E-state index in [0.29, 0.717) is 13.0 Å². The third-order valence-corrected chi connectivity index (χ3v) is 4.28. The molecule has 0 spiro atoms. The van der Waals surface area contributed by atoms with Gasteiger partial charge in [0.1, 0.15) is 0 Å². The highest BCUT2D eigenvalue weighted by atomic mass is 16.3. The Morgan fingerprint density at radius 2 is 1.70 bits per heavy atom. The normalized spacial score (nSPS) is 12.8. The van der Waals surface area contributed by atoms with Crippen LogP contribution in [0.1, 0.15) is 30.6 Å². The van der Waals surface area contributed by atoms with Crippen LogP contribution in [0.25, 0.3) is 0 Å². The van der Waals surface area contributed by atoms with Crippen molar-refractivity contribution in [2.75, 3.05) is 33.2 Å². The highest BCUT2D eigenvalue weighted by molar-refractivity contribution is 5.79. The van der Waals surface area contributed by atoms with Crippen LogP contribution >= 0.6 is 0 Å². The molecule has 3 N–H and O–H groups in total. The minimum absolute atomic E-state index is 0.477. The van der Waals surface area contributed by atoms with Crippen molar-refractivity contribution in [1.29, 1.82) is 0 Å². The molecule has 2 aromatic carbocycles. The third-order valence-electron chi connectivity index (χ3n) is 4.28. The van der Waals surface area contributed by atoms with E-state index in [9.17, 15) is 5.11 Å². The maximum Gasteiger partial charge on any atom is 0.191 e. The second-order valence-corrected chi connectivity index (χ2v) is 6.63. The van der Waals surface area contributed by atoms with E-state index in [1.165, 1.54) is 5.56 Å². The summed E-state index contributed by atoms with van der Waals surface area (Å²) in [7, 11) is 2.12. The van der Waals surface area contributed by atoms with Crippen LogP contribution in [-0.2, 0) is 6.54 Å². The van der Waals surface area contributed by atoms with Gasteiger partial charge in [-0.1, -0.05) is 60.7 Å². The molecule has 0 aromatic heterocycles. The van der Waals surface area contributed by atoms with Crippen LogP contribution in [0.4, 0.5) is 0 Å². The van der Waals surface area contributed by atoms with Crippen molar-refractivity contribution < 1.29 is 5.11 Å². The second kappa shape index (κ2) is 12.1. The quantitative estimate of drug-likeness (QED) is 0.446. The van der Waals surface area contributed by atoms with Crippen LogP contribution in [0.5, 0.6) is 0 Å². The number of aliphatic hydroxyl groups excluding tert-OH is 1. The summed E-state index contributed by atoms with van der Waals surface area (Å²) >= 11 is 0. The van der Waals surface area contributed by atoms with E-state index < -0.39 is 6.10 Å². The number of aliphatic hydroxyl groups is 1. The largest absolute Gasteiger partial charge is 0.388 e. The molecule has 1 atom stereocenters. The zero-order valence-corrected chi connectivity index (χ0v) is 16.4. The first-order valence-corrected chi connectivity index (χ1v) is 9.66. The number of rotatable bonds is 10. The first kappa shape index (κ1) is 20.9. The van der Waals surface area contributed by atoms with Gasteiger partial charge >= 0.3 is 0 Å². The average Bonchev–Trinajstić information content (AvgIpc) is 2.69. The highest BCUT2D eigenvalue weighted by Crippen LogP contribution is 2.15. The Kier molecular flexibility index (Phi) is 9.38. The first-order valence-electron chi connectivity index (χ1n) is 9.66. The Morgan fingerprint density at radius 3 is 2.37 bits per heavy atom. The van der Waals surface area contributed by atoms with Crippen LogP contribution in [0.15, 0.2) is 65.7 Å². The summed E-state index contributed by atoms with van der Waals surface area (Å²) in [6.45, 7) is 6.11. The molecule has 0 amide bonds. The lowest BCUT2D eigenvalue weighted by Gasteiger charge is -2.18. The van der Waals surface area contributed by atoms with Gasteiger partial charge in [-0.05, 0) is 31.5 Å². The fraction of sp³-hybridized carbons (Fsp3) is 0.409. The monoisotopic (exact) mass is 368 g/mol. The predicted octanol–water partition coefficient (Wildman–Crippen LogP) is 2.80. The minimum atomic E-state index is -0.477. The van der Waals surface area contributed by atoms with Gasteiger partial charge in [0.15, 0.2) is 5.96 Å². The maximum absolute atomic E-state index is 10.2. The average molecular weight is 369 g/mol. The Labute approximate surface area is 163 Å². The summed E-state index contributed by atoms with van der Waals surface area (Å²) in [4.78, 5) is 6.86. The molecule has 146 valence electrons. The third kappa shape index (κ3) is 8.24. The summed E-state index contributed by atoms with van der Waals surface area (Å²) in [5, 5.41) is 16.9. The number of benzene rings is 2. The van der Waals surface area contributed by atoms with Crippen LogP contribution < -0.4 is 10.6 Å². The van der Waals surface area contributed by atoms with Gasteiger partial charge in [-0.25, -0.2) is 0 Å². The molecule has 0 saturated heterocycles. The molecule has 2 aromatic rings. The summed E-state index contributed by atoms with van der Waals surface area (Å²) in [6.07, 6.45) is 0.129. The zero-order valence-electron chi connectivity index (χ0n) is 16.4. The molecular weight excluding hydrogens is 336 g/mol. The molecule has 5 nitrogen and oxygen atoms in total. The maximum atomic E-state index is 10.2. The number of nitrogens with zero attached hydrogens (tertiary/aromatic N) is 2. The molecule has 2 rings (SSSR count). The van der Waals surface area contributed by atoms with Gasteiger partial charge in [0, 0.05) is 32.7 Å². The lowest BCUT2D eigenvalue weighted by atomic mass is 10.1. The van der Waals surface area contributed by atoms with Gasteiger partial charge in [-0.15, -0.1) is 0 Å². The number of hydrogen-bond acceptors (Lipinski definition) is 3. The van der Waals surface area contributed by atoms with Crippen LogP contribution in [0, 0.1) is 0 Å². The first-order chi connectivity index (χ1) is 13.2. The zero-order chi connectivity index (χ0) is 19.3. The Morgan fingerprint density at radius 1 is 1.04 bits per heavy atom. The summed E-state index contributed by atoms with van der Waals surface area (Å²) < 4.78 is 0. The number of guanidine groups is 1. The van der Waals surface area contributed by atoms with Crippen LogP contribution in [0.3, 0.4) is 0 Å². The number of likely N-dealkylation sites (N-methyl/N-ethyl adjacent to an activating group) is 1. The molecule has 0 aliphatic heterocycles. The summed E-state index contributed by atoms with van der Waals surface area (Å²) in [5.41, 5.74) is 2.25. The van der Waals surface area contributed by atoms with Crippen molar-refractivity contribution >= 4 is 5.96 Å². The molecule has 1 unspecified atom stereocenters. The van der Waals surface area contributed by atoms with Crippen LogP contribution in [0.2, 0.25) is 0 Å². The number of aliphatic imine (C=N–C) groups is 1. The SMILES string of the molecule is CCNC(=NCCC(O)c1ccccc1)NCCN(C)Cc1ccccc1. The molecule has 0 aliphatic rings. The molecule has 0 aliphatic carbocycles. The summed E-state index contributed by atoms with van der Waals surface area (Å²) in [6, 6.07) is 20.2. The Hall–Kier alpha value is -2.37. The summed E-state index contributed by atoms with van der Waals surface area (Å²) in [5.74, 6) is 0.797. The van der Waals surface area contributed by atoms with E-state index in [-0.39, 0.29) is 0 Å². The molecule has 0 saturated carbocycles. The fourth-order valence-corrected chi connectivity index (χ4v) is 2.82. The van der Waals surface area contributed by atoms with Gasteiger partial charge in [-0.3, -0.25) is 4.99 Å². The number of hydrogen-bond donors (Lipinski definition) is 3. The molecule has 0 radical (unpaired) electrons. The Bertz CT molecular complexity index is 661. The minimum Gasteiger partial charge on any atom is -0.388 e. The second-order valence-electron chi connectivity index (χ2n) is 6.63. The van der Waals surface area contributed by atoms with E-state index in [1.807, 2.05) is 36.4 Å². The van der Waals surface area contributed by atoms with Crippen molar-refractivity contribution in [1.82, 2.24) is 15.5 Å². The van der Waals surface area contributed by atoms with E-state index in [2.05, 4.69) is 58.8 Å². The van der Waals surface area contributed by atoms with E-state index >= 15 is 0 Å². The van der Waals surface area contributed by atoms with Gasteiger partial charge in [-0.2, -0.15) is 0 Å². The molecule has 0 fully saturated rings. The van der Waals surface area contributed by atoms with Gasteiger partial charge in [0.05, 0.1) is 6.10 Å². The van der Waals surface area contributed by atoms with Crippen molar-refractivity contribution in [3.05, 3.63) is 71.8 Å². The van der Waals surface area contributed by atoms with Crippen molar-refractivity contribution in [2.45, 2.75) is 26.0 Å². The van der Waals surface area contributed by atoms with Crippen LogP contribution in [-0.4, -0.2) is 49.2 Å². The molecule has 0 heterocycles. The van der Waals surface area contributed by atoms with Crippen molar-refractivity contribution in [3.8, 4) is 0 Å². The molecule has 5 heteroatoms. The predicted molar refractivity (Wildman–Crippen MR) is 113 cm³/mol. The molecule has 0 bridgehead atoms. The van der Waals surface area contributed by atoms with Gasteiger partial charge < -0.3 is 20.6 Å². The van der Waals surface area contributed by atoms with E-state index in [4.69, 9.17) is 0 Å². The topological polar surface area (TPSA) is 59.9 Å². The van der Waals surface area contributed by atoms with Gasteiger partial charge in [0.2, 0.25) is 0 Å². The standard InChI is InChI=1S/C22H32N4O/c1-3-23-22(24-15-14-21(27)20-12-8-5-9-13-20)25-16-17-26(2)18-19-10-6-4-7-11-19/h4-13,21,27H,3,14-18H2,1-2H3,(H2,23,24,25). The lowest BCUT2D eigenvalue weighted by molar-refractivity contribution is 0.170. The van der Waals surface area contributed by atoms with Crippen molar-refractivity contribution in [3.63, 3.8) is 0 Å². The van der Waals surface area contributed by atoms with E-state index in [0.717, 1.165) is 37.7 Å². The van der Waals surface area contributed by atoms with Gasteiger partial charge in [0.25, 0.3) is 0 Å². The molecule has 27 heavy (non-hydrogen) atoms.